The van der Waals surface area contributed by atoms with Gasteiger partial charge in [0.25, 0.3) is 0 Å². The molecule has 0 saturated carbocycles. The number of aromatic nitrogens is 1. The molecular weight excluding hydrogens is 298 g/mol. The van der Waals surface area contributed by atoms with Crippen molar-refractivity contribution in [3.63, 3.8) is 0 Å². The van der Waals surface area contributed by atoms with Crippen molar-refractivity contribution in [2.75, 3.05) is 0 Å². The predicted molar refractivity (Wildman–Crippen MR) is 96.9 cm³/mol. The summed E-state index contributed by atoms with van der Waals surface area (Å²) >= 11 is 0. The molecule has 118 valence electrons. The fourth-order valence-electron chi connectivity index (χ4n) is 2.83. The molecule has 0 bridgehead atoms. The van der Waals surface area contributed by atoms with Gasteiger partial charge in [-0.3, -0.25) is 5.73 Å². The average Bonchev–Trinajstić information content (AvgIpc) is 2.61. The van der Waals surface area contributed by atoms with E-state index in [1.54, 1.807) is 12.3 Å². The van der Waals surface area contributed by atoms with Crippen molar-refractivity contribution >= 4 is 16.9 Å². The molecular formula is C19H17N5. The normalized spacial score (nSPS) is 19.8. The van der Waals surface area contributed by atoms with Crippen LogP contribution in [0.4, 0.5) is 0 Å². The monoisotopic (exact) mass is 315 g/mol. The highest BCUT2D eigenvalue weighted by atomic mass is 15.2. The number of hydrogen-bond donors (Lipinski definition) is 3. The molecule has 1 atom stereocenters. The van der Waals surface area contributed by atoms with Crippen molar-refractivity contribution in [2.45, 2.75) is 5.66 Å². The summed E-state index contributed by atoms with van der Waals surface area (Å²) in [6.07, 6.45) is 3.50. The molecule has 2 heterocycles. The van der Waals surface area contributed by atoms with Gasteiger partial charge in [-0.2, -0.15) is 0 Å². The Morgan fingerprint density at radius 3 is 2.58 bits per heavy atom. The minimum atomic E-state index is -0.957. The van der Waals surface area contributed by atoms with Crippen molar-refractivity contribution in [1.29, 1.82) is 0 Å². The summed E-state index contributed by atoms with van der Waals surface area (Å²) in [5, 5.41) is 3.84. The van der Waals surface area contributed by atoms with E-state index < -0.39 is 5.66 Å². The van der Waals surface area contributed by atoms with Crippen LogP contribution in [-0.2, 0) is 5.66 Å². The molecule has 0 fully saturated rings. The number of guanidine groups is 1. The second-order valence-corrected chi connectivity index (χ2v) is 5.77. The molecule has 2 aromatic carbocycles. The van der Waals surface area contributed by atoms with Crippen molar-refractivity contribution in [3.8, 4) is 11.3 Å². The molecule has 0 saturated heterocycles. The van der Waals surface area contributed by atoms with Gasteiger partial charge < -0.3 is 11.1 Å². The Kier molecular flexibility index (Phi) is 3.29. The third-order valence-electron chi connectivity index (χ3n) is 4.10. The molecule has 1 aromatic heterocycles. The lowest BCUT2D eigenvalue weighted by Gasteiger charge is -2.25. The maximum Gasteiger partial charge on any atom is 0.195 e. The summed E-state index contributed by atoms with van der Waals surface area (Å²) in [6.45, 7) is 0. The lowest BCUT2D eigenvalue weighted by atomic mass is 9.98. The SMILES string of the molecule is NC1=NC(N)(c2ccc3nc(-c4ccccc4)ccc3c2)C=CN1. The molecule has 4 rings (SSSR count). The third kappa shape index (κ3) is 2.51. The number of nitrogens with one attached hydrogen (secondary N) is 1. The summed E-state index contributed by atoms with van der Waals surface area (Å²) in [6, 6.07) is 20.1. The Balaban J connectivity index is 1.78. The number of pyridine rings is 1. The molecule has 0 spiro atoms. The third-order valence-corrected chi connectivity index (χ3v) is 4.10. The van der Waals surface area contributed by atoms with E-state index in [0.717, 1.165) is 27.7 Å². The van der Waals surface area contributed by atoms with Gasteiger partial charge in [0.2, 0.25) is 0 Å². The highest BCUT2D eigenvalue weighted by Gasteiger charge is 2.26. The molecule has 1 aliphatic rings. The zero-order chi connectivity index (χ0) is 16.6. The number of nitrogens with zero attached hydrogens (tertiary/aromatic N) is 2. The Morgan fingerprint density at radius 1 is 0.958 bits per heavy atom. The summed E-state index contributed by atoms with van der Waals surface area (Å²) in [5.74, 6) is 0.303. The van der Waals surface area contributed by atoms with E-state index in [1.165, 1.54) is 0 Å². The molecule has 0 amide bonds. The van der Waals surface area contributed by atoms with Crippen molar-refractivity contribution in [2.24, 2.45) is 16.5 Å². The lowest BCUT2D eigenvalue weighted by molar-refractivity contribution is 0.582. The van der Waals surface area contributed by atoms with Gasteiger partial charge in [-0.25, -0.2) is 9.98 Å². The summed E-state index contributed by atoms with van der Waals surface area (Å²) in [7, 11) is 0. The molecule has 24 heavy (non-hydrogen) atoms. The van der Waals surface area contributed by atoms with E-state index in [2.05, 4.69) is 28.5 Å². The topological polar surface area (TPSA) is 89.3 Å². The van der Waals surface area contributed by atoms with Crippen LogP contribution >= 0.6 is 0 Å². The van der Waals surface area contributed by atoms with E-state index in [4.69, 9.17) is 16.5 Å². The summed E-state index contributed by atoms with van der Waals surface area (Å²) in [5.41, 5.74) is 15.0. The minimum Gasteiger partial charge on any atom is -0.370 e. The lowest BCUT2D eigenvalue weighted by Crippen LogP contribution is -2.42. The van der Waals surface area contributed by atoms with Crippen molar-refractivity contribution in [1.82, 2.24) is 10.3 Å². The predicted octanol–water partition coefficient (Wildman–Crippen LogP) is 2.44. The van der Waals surface area contributed by atoms with E-state index >= 15 is 0 Å². The first-order chi connectivity index (χ1) is 11.6. The smallest absolute Gasteiger partial charge is 0.195 e. The zero-order valence-electron chi connectivity index (χ0n) is 13.0. The van der Waals surface area contributed by atoms with Crippen LogP contribution in [0.5, 0.6) is 0 Å². The Morgan fingerprint density at radius 2 is 1.79 bits per heavy atom. The molecule has 5 N–H and O–H groups in total. The number of rotatable bonds is 2. The minimum absolute atomic E-state index is 0.303. The molecule has 0 radical (unpaired) electrons. The van der Waals surface area contributed by atoms with E-state index in [0.29, 0.717) is 5.96 Å². The van der Waals surface area contributed by atoms with Crippen LogP contribution in [0.25, 0.3) is 22.2 Å². The van der Waals surface area contributed by atoms with Crippen LogP contribution in [0.3, 0.4) is 0 Å². The maximum absolute atomic E-state index is 6.37. The number of benzene rings is 2. The second-order valence-electron chi connectivity index (χ2n) is 5.77. The van der Waals surface area contributed by atoms with Gasteiger partial charge in [0.05, 0.1) is 11.2 Å². The van der Waals surface area contributed by atoms with Gasteiger partial charge in [-0.15, -0.1) is 0 Å². The van der Waals surface area contributed by atoms with E-state index in [-0.39, 0.29) is 0 Å². The van der Waals surface area contributed by atoms with E-state index in [9.17, 15) is 0 Å². The first kappa shape index (κ1) is 14.4. The Labute approximate surface area is 139 Å². The number of nitrogens with two attached hydrogens (primary N) is 2. The number of fused-ring (bicyclic) bond motifs is 1. The fraction of sp³-hybridized carbons (Fsp3) is 0.0526. The van der Waals surface area contributed by atoms with Gasteiger partial charge in [0.15, 0.2) is 11.6 Å². The highest BCUT2D eigenvalue weighted by Crippen LogP contribution is 2.27. The largest absolute Gasteiger partial charge is 0.370 e. The van der Waals surface area contributed by atoms with Gasteiger partial charge in [-0.1, -0.05) is 42.5 Å². The van der Waals surface area contributed by atoms with Crippen LogP contribution in [0, 0.1) is 0 Å². The molecule has 5 nitrogen and oxygen atoms in total. The maximum atomic E-state index is 6.37. The summed E-state index contributed by atoms with van der Waals surface area (Å²) < 4.78 is 0. The quantitative estimate of drug-likeness (QED) is 0.677. The molecule has 5 heteroatoms. The summed E-state index contributed by atoms with van der Waals surface area (Å²) in [4.78, 5) is 9.05. The van der Waals surface area contributed by atoms with Crippen LogP contribution in [0.15, 0.2) is 77.9 Å². The average molecular weight is 315 g/mol. The fourth-order valence-corrected chi connectivity index (χ4v) is 2.83. The molecule has 0 aliphatic carbocycles. The van der Waals surface area contributed by atoms with Crippen LogP contribution < -0.4 is 16.8 Å². The molecule has 1 aliphatic heterocycles. The number of aliphatic imine (C=N–C) groups is 1. The Hall–Kier alpha value is -3.18. The van der Waals surface area contributed by atoms with Crippen molar-refractivity contribution < 1.29 is 0 Å². The number of hydrogen-bond acceptors (Lipinski definition) is 5. The van der Waals surface area contributed by atoms with Gasteiger partial charge >= 0.3 is 0 Å². The van der Waals surface area contributed by atoms with Gasteiger partial charge in [0.1, 0.15) is 0 Å². The first-order valence-corrected chi connectivity index (χ1v) is 7.69. The Bertz CT molecular complexity index is 962. The van der Waals surface area contributed by atoms with Crippen LogP contribution in [-0.4, -0.2) is 10.9 Å². The van der Waals surface area contributed by atoms with Crippen LogP contribution in [0.2, 0.25) is 0 Å². The second kappa shape index (κ2) is 5.47. The van der Waals surface area contributed by atoms with Crippen LogP contribution in [0.1, 0.15) is 5.56 Å². The molecule has 3 aromatic rings. The van der Waals surface area contributed by atoms with Crippen molar-refractivity contribution in [3.05, 3.63) is 78.5 Å². The highest BCUT2D eigenvalue weighted by molar-refractivity contribution is 5.84. The van der Waals surface area contributed by atoms with Gasteiger partial charge in [-0.05, 0) is 29.8 Å². The van der Waals surface area contributed by atoms with E-state index in [1.807, 2.05) is 42.5 Å². The standard InChI is InChI=1S/C19H17N5/c20-18-22-11-10-19(21,24-18)15-7-9-17-14(12-15)6-8-16(23-17)13-4-2-1-3-5-13/h1-12H,21H2,(H3,20,22,24). The zero-order valence-corrected chi connectivity index (χ0v) is 13.0. The molecule has 1 unspecified atom stereocenters. The first-order valence-electron chi connectivity index (χ1n) is 7.69. The van der Waals surface area contributed by atoms with Gasteiger partial charge in [0, 0.05) is 17.1 Å².